The van der Waals surface area contributed by atoms with E-state index in [2.05, 4.69) is 0 Å². The average Bonchev–Trinajstić information content (AvgIpc) is 0.918. The van der Waals surface area contributed by atoms with Crippen LogP contribution in [0, 0.1) is 5.88 Å². The van der Waals surface area contributed by atoms with Gasteiger partial charge in [-0.1, -0.05) is 0 Å². The first-order valence-electron chi connectivity index (χ1n) is 0.796. The summed E-state index contributed by atoms with van der Waals surface area (Å²) in [7, 11) is 0. The summed E-state index contributed by atoms with van der Waals surface area (Å²) in [4.78, 5) is 0. The van der Waals surface area contributed by atoms with Gasteiger partial charge in [-0.25, -0.2) is 5.88 Å². The second-order valence-corrected chi connectivity index (χ2v) is 0.655. The third kappa shape index (κ3) is 12.8. The fraction of sp³-hybridized carbons (Fsp3) is 0.500. The monoisotopic (exact) mass is 127 g/mol. The fourth-order valence-electron chi connectivity index (χ4n) is 0. The third-order valence-corrected chi connectivity index (χ3v) is 0. The number of hydrogen-bond donors (Lipinski definition) is 0. The van der Waals surface area contributed by atoms with Crippen LogP contribution in [0.5, 0.6) is 0 Å². The maximum atomic E-state index is 4.87. The molecule has 0 N–H and O–H groups in total. The van der Waals surface area contributed by atoms with Gasteiger partial charge < -0.3 is 11.6 Å². The van der Waals surface area contributed by atoms with Crippen molar-refractivity contribution < 1.29 is 19.5 Å². The van der Waals surface area contributed by atoms with E-state index in [4.69, 9.17) is 11.6 Å². The molecule has 0 atom stereocenters. The zero-order valence-corrected chi connectivity index (χ0v) is 6.39. The Morgan fingerprint density at radius 1 is 1.75 bits per heavy atom. The van der Waals surface area contributed by atoms with Crippen LogP contribution in [0.3, 0.4) is 0 Å². The van der Waals surface area contributed by atoms with Gasteiger partial charge in [0.25, 0.3) is 0 Å². The van der Waals surface area contributed by atoms with Gasteiger partial charge in [-0.2, -0.15) is 6.92 Å². The Labute approximate surface area is 44.3 Å². The summed E-state index contributed by atoms with van der Waals surface area (Å²) in [5.41, 5.74) is 0. The summed E-state index contributed by atoms with van der Waals surface area (Å²) in [6.07, 6.45) is 0. The van der Waals surface area contributed by atoms with Crippen molar-refractivity contribution >= 4 is 11.6 Å². The quantitative estimate of drug-likeness (QED) is 0.342. The third-order valence-electron chi connectivity index (χ3n) is 0. The van der Waals surface area contributed by atoms with Crippen molar-refractivity contribution in [3.05, 3.63) is 5.88 Å². The van der Waals surface area contributed by atoms with Crippen molar-refractivity contribution in [2.75, 3.05) is 0 Å². The van der Waals surface area contributed by atoms with Crippen molar-refractivity contribution in [3.63, 3.8) is 0 Å². The normalized spacial score (nSPS) is 4.50. The Bertz CT molecular complexity index is 6.00. The second-order valence-electron chi connectivity index (χ2n) is 0.218. The maximum Gasteiger partial charge on any atom is 0 e. The predicted molar refractivity (Wildman–Crippen MR) is 15.8 cm³/mol. The molecular weight excluding hydrogens is 125 g/mol. The van der Waals surface area contributed by atoms with Crippen LogP contribution >= 0.6 is 11.6 Å². The summed E-state index contributed by atoms with van der Waals surface area (Å²) in [5.74, 6) is 1.47. The topological polar surface area (TPSA) is 0 Å². The number of rotatable bonds is 0. The summed E-state index contributed by atoms with van der Waals surface area (Å²) in [5, 5.41) is 0. The van der Waals surface area contributed by atoms with Crippen molar-refractivity contribution in [1.29, 1.82) is 0 Å². The van der Waals surface area contributed by atoms with Crippen LogP contribution in [0.25, 0.3) is 0 Å². The summed E-state index contributed by atoms with van der Waals surface area (Å²) >= 11 is 4.87. The molecule has 0 saturated heterocycles. The molecule has 0 heterocycles. The van der Waals surface area contributed by atoms with Crippen LogP contribution in [-0.4, -0.2) is 0 Å². The van der Waals surface area contributed by atoms with Gasteiger partial charge in [0.2, 0.25) is 0 Å². The van der Waals surface area contributed by atoms with Crippen molar-refractivity contribution in [2.45, 2.75) is 6.92 Å². The van der Waals surface area contributed by atoms with Gasteiger partial charge >= 0.3 is 0 Å². The van der Waals surface area contributed by atoms with E-state index in [0.29, 0.717) is 0 Å². The molecule has 0 spiro atoms. The van der Waals surface area contributed by atoms with E-state index in [0.717, 1.165) is 0 Å². The average molecular weight is 129 g/mol. The zero-order chi connectivity index (χ0) is 2.71. The molecule has 0 rings (SSSR count). The molecule has 0 aliphatic carbocycles. The molecule has 0 fully saturated rings. The molecule has 0 aromatic carbocycles. The Kier molecular flexibility index (Phi) is 20.1. The molecule has 0 aromatic heterocycles. The van der Waals surface area contributed by atoms with Gasteiger partial charge in [0, 0.05) is 19.5 Å². The van der Waals surface area contributed by atoms with Gasteiger partial charge in [-0.15, -0.1) is 0 Å². The van der Waals surface area contributed by atoms with Crippen molar-refractivity contribution in [3.8, 4) is 0 Å². The van der Waals surface area contributed by atoms with Gasteiger partial charge in [-0.3, -0.25) is 0 Å². The van der Waals surface area contributed by atoms with Gasteiger partial charge in [0.15, 0.2) is 0 Å². The van der Waals surface area contributed by atoms with Gasteiger partial charge in [0.1, 0.15) is 0 Å². The minimum atomic E-state index is 0. The van der Waals surface area contributed by atoms with E-state index in [1.165, 1.54) is 5.88 Å². The summed E-state index contributed by atoms with van der Waals surface area (Å²) < 4.78 is 0. The molecule has 0 bridgehead atoms. The zero-order valence-electron chi connectivity index (χ0n) is 2.66. The minimum Gasteiger partial charge on any atom is -0.349 e. The molecular formula is C2H4ClZn-. The first-order valence-corrected chi connectivity index (χ1v) is 1.23. The van der Waals surface area contributed by atoms with Crippen LogP contribution in [0.1, 0.15) is 6.92 Å². The van der Waals surface area contributed by atoms with E-state index in [1.807, 2.05) is 0 Å². The van der Waals surface area contributed by atoms with Gasteiger partial charge in [0.05, 0.1) is 0 Å². The molecule has 22 valence electrons. The Morgan fingerprint density at radius 2 is 1.75 bits per heavy atom. The van der Waals surface area contributed by atoms with E-state index in [-0.39, 0.29) is 19.5 Å². The second kappa shape index (κ2) is 9.07. The predicted octanol–water partition coefficient (Wildman–Crippen LogP) is 1.40. The first-order chi connectivity index (χ1) is 1.41. The van der Waals surface area contributed by atoms with Crippen molar-refractivity contribution in [1.82, 2.24) is 0 Å². The molecule has 0 nitrogen and oxygen atoms in total. The minimum absolute atomic E-state index is 0. The molecule has 0 aliphatic rings. The van der Waals surface area contributed by atoms with Gasteiger partial charge in [-0.05, 0) is 0 Å². The van der Waals surface area contributed by atoms with Crippen molar-refractivity contribution in [2.24, 2.45) is 0 Å². The first kappa shape index (κ1) is 8.87. The Morgan fingerprint density at radius 3 is 1.75 bits per heavy atom. The van der Waals surface area contributed by atoms with E-state index in [9.17, 15) is 0 Å². The molecule has 4 heavy (non-hydrogen) atoms. The molecule has 0 saturated carbocycles. The number of hydrogen-bond acceptors (Lipinski definition) is 0. The molecule has 0 unspecified atom stereocenters. The SMILES string of the molecule is C[CH-]Cl.[Zn]. The largest absolute Gasteiger partial charge is 0.349 e. The van der Waals surface area contributed by atoms with Crippen LogP contribution in [0.2, 0.25) is 0 Å². The van der Waals surface area contributed by atoms with E-state index in [1.54, 1.807) is 6.92 Å². The summed E-state index contributed by atoms with van der Waals surface area (Å²) in [6, 6.07) is 0. The molecule has 0 radical (unpaired) electrons. The maximum absolute atomic E-state index is 4.87. The smallest absolute Gasteiger partial charge is 0 e. The van der Waals surface area contributed by atoms with Crippen LogP contribution in [-0.2, 0) is 19.5 Å². The van der Waals surface area contributed by atoms with E-state index < -0.39 is 0 Å². The number of halogens is 1. The van der Waals surface area contributed by atoms with E-state index >= 15 is 0 Å². The van der Waals surface area contributed by atoms with Crippen LogP contribution in [0.15, 0.2) is 0 Å². The molecule has 0 aromatic rings. The molecule has 2 heteroatoms. The summed E-state index contributed by atoms with van der Waals surface area (Å²) in [6.45, 7) is 1.77. The molecule has 0 amide bonds. The van der Waals surface area contributed by atoms with Crippen LogP contribution in [0.4, 0.5) is 0 Å². The Balaban J connectivity index is 0. The van der Waals surface area contributed by atoms with Crippen LogP contribution < -0.4 is 0 Å². The standard InChI is InChI=1S/C2H4Cl.Zn/c1-2-3;/h2H,1H3;/q-1;. The fourth-order valence-corrected chi connectivity index (χ4v) is 0. The molecule has 0 aliphatic heterocycles. The Hall–Kier alpha value is 0.913.